The van der Waals surface area contributed by atoms with Crippen LogP contribution in [0.5, 0.6) is 0 Å². The Morgan fingerprint density at radius 2 is 2.30 bits per heavy atom. The Morgan fingerprint density at radius 3 is 2.96 bits per heavy atom. The van der Waals surface area contributed by atoms with E-state index >= 15 is 0 Å². The molecule has 0 aromatic carbocycles. The van der Waals surface area contributed by atoms with Crippen molar-refractivity contribution in [3.8, 4) is 0 Å². The van der Waals surface area contributed by atoms with Gasteiger partial charge < -0.3 is 15.9 Å². The molecule has 0 unspecified atom stereocenters. The van der Waals surface area contributed by atoms with Crippen molar-refractivity contribution in [1.82, 2.24) is 14.9 Å². The molecule has 146 valence electrons. The van der Waals surface area contributed by atoms with Crippen molar-refractivity contribution in [2.24, 2.45) is 5.92 Å². The molecule has 0 bridgehead atoms. The van der Waals surface area contributed by atoms with E-state index in [1.165, 1.54) is 34.1 Å². The standard InChI is InChI=1S/C17H23N5O3S2/c1-9(2)25-16(24)14-11-5-4-10(3)6-12(11)27-15(14)20-13(23)7-26-17-21-19-8-22(17)18/h8-10H,4-7,18H2,1-3H3,(H,20,23)/t10-/m0/s1. The summed E-state index contributed by atoms with van der Waals surface area (Å²) in [6.45, 7) is 5.83. The van der Waals surface area contributed by atoms with Gasteiger partial charge in [0, 0.05) is 4.88 Å². The molecule has 0 saturated heterocycles. The van der Waals surface area contributed by atoms with Gasteiger partial charge in [-0.15, -0.1) is 21.5 Å². The first-order chi connectivity index (χ1) is 12.8. The summed E-state index contributed by atoms with van der Waals surface area (Å²) in [5.41, 5.74) is 1.53. The fourth-order valence-corrected chi connectivity index (χ4v) is 5.00. The van der Waals surface area contributed by atoms with E-state index in [2.05, 4.69) is 22.4 Å². The summed E-state index contributed by atoms with van der Waals surface area (Å²) >= 11 is 2.66. The van der Waals surface area contributed by atoms with Crippen LogP contribution in [-0.2, 0) is 22.4 Å². The lowest BCUT2D eigenvalue weighted by Gasteiger charge is -2.18. The minimum atomic E-state index is -0.373. The Labute approximate surface area is 165 Å². The lowest BCUT2D eigenvalue weighted by molar-refractivity contribution is -0.113. The number of nitrogens with zero attached hydrogens (tertiary/aromatic N) is 3. The van der Waals surface area contributed by atoms with Crippen LogP contribution in [0.25, 0.3) is 0 Å². The van der Waals surface area contributed by atoms with Gasteiger partial charge in [-0.2, -0.15) is 0 Å². The maximum Gasteiger partial charge on any atom is 0.341 e. The highest BCUT2D eigenvalue weighted by Gasteiger charge is 2.29. The topological polar surface area (TPSA) is 112 Å². The first kappa shape index (κ1) is 19.7. The summed E-state index contributed by atoms with van der Waals surface area (Å²) in [5.74, 6) is 5.73. The predicted molar refractivity (Wildman–Crippen MR) is 106 cm³/mol. The highest BCUT2D eigenvalue weighted by atomic mass is 32.2. The maximum atomic E-state index is 12.7. The molecule has 1 atom stereocenters. The van der Waals surface area contributed by atoms with E-state index in [0.29, 0.717) is 21.6 Å². The second-order valence-electron chi connectivity index (χ2n) is 6.87. The van der Waals surface area contributed by atoms with E-state index in [-0.39, 0.29) is 23.7 Å². The molecule has 1 amide bonds. The number of amides is 1. The Morgan fingerprint density at radius 1 is 1.52 bits per heavy atom. The van der Waals surface area contributed by atoms with Crippen molar-refractivity contribution in [3.63, 3.8) is 0 Å². The number of ether oxygens (including phenoxy) is 1. The summed E-state index contributed by atoms with van der Waals surface area (Å²) in [4.78, 5) is 26.2. The third-order valence-corrected chi connectivity index (χ3v) is 6.31. The van der Waals surface area contributed by atoms with Gasteiger partial charge in [0.25, 0.3) is 0 Å². The van der Waals surface area contributed by atoms with Gasteiger partial charge in [-0.05, 0) is 44.6 Å². The van der Waals surface area contributed by atoms with E-state index in [1.54, 1.807) is 0 Å². The number of nitrogens with one attached hydrogen (secondary N) is 1. The smallest absolute Gasteiger partial charge is 0.341 e. The van der Waals surface area contributed by atoms with Crippen LogP contribution in [0.4, 0.5) is 5.00 Å². The Balaban J connectivity index is 1.78. The van der Waals surface area contributed by atoms with Crippen LogP contribution in [0.1, 0.15) is 48.0 Å². The number of thiophene rings is 1. The van der Waals surface area contributed by atoms with Crippen molar-refractivity contribution in [1.29, 1.82) is 0 Å². The summed E-state index contributed by atoms with van der Waals surface area (Å²) in [7, 11) is 0. The molecule has 3 N–H and O–H groups in total. The number of nitrogens with two attached hydrogens (primary N) is 1. The molecule has 27 heavy (non-hydrogen) atoms. The van der Waals surface area contributed by atoms with Crippen molar-refractivity contribution in [2.75, 3.05) is 16.9 Å². The highest BCUT2D eigenvalue weighted by molar-refractivity contribution is 7.99. The average Bonchev–Trinajstić information content (AvgIpc) is 3.14. The maximum absolute atomic E-state index is 12.7. The molecule has 0 fully saturated rings. The normalized spacial score (nSPS) is 16.2. The quantitative estimate of drug-likeness (QED) is 0.428. The third-order valence-electron chi connectivity index (χ3n) is 4.18. The van der Waals surface area contributed by atoms with E-state index in [1.807, 2.05) is 13.8 Å². The number of fused-ring (bicyclic) bond motifs is 1. The van der Waals surface area contributed by atoms with Gasteiger partial charge in [0.05, 0.1) is 17.4 Å². The van der Waals surface area contributed by atoms with Crippen LogP contribution in [0.15, 0.2) is 11.5 Å². The Hall–Kier alpha value is -2.07. The fraction of sp³-hybridized carbons (Fsp3) is 0.529. The molecule has 3 rings (SSSR count). The second kappa shape index (κ2) is 8.30. The molecule has 0 radical (unpaired) electrons. The molecule has 1 aliphatic rings. The van der Waals surface area contributed by atoms with E-state index in [4.69, 9.17) is 10.6 Å². The SMILES string of the molecule is CC(C)OC(=O)c1c(NC(=O)CSc2nncn2N)sc2c1CC[C@H](C)C2. The first-order valence-electron chi connectivity index (χ1n) is 8.78. The molecule has 10 heteroatoms. The number of nitrogen functional groups attached to an aromatic ring is 1. The van der Waals surface area contributed by atoms with Gasteiger partial charge in [0.1, 0.15) is 11.3 Å². The van der Waals surface area contributed by atoms with Crippen LogP contribution in [-0.4, -0.2) is 38.6 Å². The zero-order valence-corrected chi connectivity index (χ0v) is 17.2. The van der Waals surface area contributed by atoms with Crippen molar-refractivity contribution < 1.29 is 14.3 Å². The molecule has 1 aliphatic carbocycles. The molecule has 8 nitrogen and oxygen atoms in total. The Bertz CT molecular complexity index is 846. The van der Waals surface area contributed by atoms with Crippen LogP contribution in [0.3, 0.4) is 0 Å². The monoisotopic (exact) mass is 409 g/mol. The number of hydrogen-bond acceptors (Lipinski definition) is 8. The molecular weight excluding hydrogens is 386 g/mol. The largest absolute Gasteiger partial charge is 0.459 e. The molecule has 2 heterocycles. The molecule has 0 spiro atoms. The third kappa shape index (κ3) is 4.62. The van der Waals surface area contributed by atoms with Gasteiger partial charge >= 0.3 is 5.97 Å². The van der Waals surface area contributed by atoms with Gasteiger partial charge in [-0.1, -0.05) is 18.7 Å². The zero-order chi connectivity index (χ0) is 19.6. The minimum Gasteiger partial charge on any atom is -0.459 e. The molecular formula is C17H23N5O3S2. The molecule has 2 aromatic rings. The van der Waals surface area contributed by atoms with Crippen LogP contribution >= 0.6 is 23.1 Å². The lowest BCUT2D eigenvalue weighted by Crippen LogP contribution is -2.19. The fourth-order valence-electron chi connectivity index (χ4n) is 2.96. The summed E-state index contributed by atoms with van der Waals surface area (Å²) in [6.07, 6.45) is 3.93. The van der Waals surface area contributed by atoms with Gasteiger partial charge in [0.2, 0.25) is 11.1 Å². The number of aromatic nitrogens is 3. The van der Waals surface area contributed by atoms with Gasteiger partial charge in [-0.3, -0.25) is 4.79 Å². The van der Waals surface area contributed by atoms with E-state index < -0.39 is 0 Å². The highest BCUT2D eigenvalue weighted by Crippen LogP contribution is 2.40. The van der Waals surface area contributed by atoms with Crippen molar-refractivity contribution in [2.45, 2.75) is 51.3 Å². The number of hydrogen-bond donors (Lipinski definition) is 2. The average molecular weight is 410 g/mol. The van der Waals surface area contributed by atoms with E-state index in [0.717, 1.165) is 29.7 Å². The number of anilines is 1. The molecule has 2 aromatic heterocycles. The number of esters is 1. The summed E-state index contributed by atoms with van der Waals surface area (Å²) in [6, 6.07) is 0. The molecule has 0 saturated carbocycles. The number of carbonyl (C=O) groups excluding carboxylic acids is 2. The number of thioether (sulfide) groups is 1. The number of rotatable bonds is 6. The summed E-state index contributed by atoms with van der Waals surface area (Å²) < 4.78 is 6.68. The first-order valence-corrected chi connectivity index (χ1v) is 10.6. The zero-order valence-electron chi connectivity index (χ0n) is 15.5. The van der Waals surface area contributed by atoms with E-state index in [9.17, 15) is 9.59 Å². The Kier molecular flexibility index (Phi) is 6.05. The number of carbonyl (C=O) groups is 2. The van der Waals surface area contributed by atoms with Crippen molar-refractivity contribution >= 4 is 40.0 Å². The lowest BCUT2D eigenvalue weighted by atomic mass is 9.88. The second-order valence-corrected chi connectivity index (χ2v) is 8.92. The van der Waals surface area contributed by atoms with Gasteiger partial charge in [-0.25, -0.2) is 9.47 Å². The minimum absolute atomic E-state index is 0.119. The summed E-state index contributed by atoms with van der Waals surface area (Å²) in [5, 5.41) is 11.4. The predicted octanol–water partition coefficient (Wildman–Crippen LogP) is 2.47. The van der Waals surface area contributed by atoms with Crippen LogP contribution in [0.2, 0.25) is 0 Å². The van der Waals surface area contributed by atoms with Crippen LogP contribution in [0, 0.1) is 5.92 Å². The van der Waals surface area contributed by atoms with Crippen molar-refractivity contribution in [3.05, 3.63) is 22.3 Å². The van der Waals surface area contributed by atoms with Gasteiger partial charge in [0.15, 0.2) is 0 Å². The molecule has 0 aliphatic heterocycles. The van der Waals surface area contributed by atoms with Crippen LogP contribution < -0.4 is 11.2 Å².